The minimum atomic E-state index is 0.819. The van der Waals surface area contributed by atoms with Gasteiger partial charge in [-0.05, 0) is 119 Å². The molecule has 0 spiro atoms. The SMILES string of the molecule is CN1CCC1.CN1CCCC1.CN1CCCCC1.CN1CCOC1.CN1CCOCC1.Cn1cccc1. The van der Waals surface area contributed by atoms with Crippen LogP contribution in [0.4, 0.5) is 0 Å². The molecule has 5 aliphatic heterocycles. The van der Waals surface area contributed by atoms with Crippen LogP contribution in [0.2, 0.25) is 0 Å². The normalized spacial score (nSPS) is 22.8. The van der Waals surface area contributed by atoms with Gasteiger partial charge in [-0.2, -0.15) is 0 Å². The standard InChI is InChI=1S/C6H13N.C5H11NO.C5H11N.C5H7N.C4H9NO.C4H9N/c1-7-5-3-2-4-6-7;1-6-2-4-7-5-3-6;2*1-6-4-2-3-5-6;1-5-2-3-6-4-5;1-5-3-2-4-5/h2-6H2,1H3;2-5H2,1H3;2-5H2,1H3;2-5H,1H3;2-4H2,1H3;2-4H2,1H3. The van der Waals surface area contributed by atoms with E-state index in [2.05, 4.69) is 52.7 Å². The average Bonchev–Trinajstić information content (AvgIpc) is 3.67. The fraction of sp³-hybridized carbons (Fsp3) is 0.862. The van der Waals surface area contributed by atoms with Gasteiger partial charge in [0.2, 0.25) is 0 Å². The third-order valence-electron chi connectivity index (χ3n) is 6.91. The summed E-state index contributed by atoms with van der Waals surface area (Å²) in [5.74, 6) is 0. The number of hydrogen-bond acceptors (Lipinski definition) is 7. The number of ether oxygens (including phenoxy) is 2. The highest BCUT2D eigenvalue weighted by Crippen LogP contribution is 2.04. The largest absolute Gasteiger partial charge is 0.379 e. The molecule has 0 aliphatic carbocycles. The molecule has 6 heterocycles. The maximum atomic E-state index is 5.10. The van der Waals surface area contributed by atoms with Gasteiger partial charge in [0.1, 0.15) is 0 Å². The second kappa shape index (κ2) is 22.9. The lowest BCUT2D eigenvalue weighted by Crippen LogP contribution is -2.32. The van der Waals surface area contributed by atoms with Gasteiger partial charge in [-0.25, -0.2) is 0 Å². The molecule has 6 rings (SSSR count). The lowest BCUT2D eigenvalue weighted by Gasteiger charge is -2.24. The fourth-order valence-corrected chi connectivity index (χ4v) is 3.98. The number of morpholine rings is 1. The van der Waals surface area contributed by atoms with Crippen LogP contribution in [0.3, 0.4) is 0 Å². The average molecular weight is 525 g/mol. The molecule has 5 aliphatic rings. The monoisotopic (exact) mass is 524 g/mol. The molecule has 0 bridgehead atoms. The predicted octanol–water partition coefficient (Wildman–Crippen LogP) is 3.02. The molecule has 0 amide bonds. The molecule has 1 aromatic heterocycles. The first kappa shape index (κ1) is 34.0. The minimum Gasteiger partial charge on any atom is -0.379 e. The van der Waals surface area contributed by atoms with Crippen molar-refractivity contribution in [3.63, 3.8) is 0 Å². The van der Waals surface area contributed by atoms with Crippen molar-refractivity contribution in [2.45, 2.75) is 38.5 Å². The Morgan fingerprint density at radius 2 is 0.784 bits per heavy atom. The van der Waals surface area contributed by atoms with Crippen LogP contribution in [0.5, 0.6) is 0 Å². The van der Waals surface area contributed by atoms with Crippen molar-refractivity contribution in [3.05, 3.63) is 24.5 Å². The summed E-state index contributed by atoms with van der Waals surface area (Å²) in [6.45, 7) is 14.8. The van der Waals surface area contributed by atoms with Crippen molar-refractivity contribution in [2.24, 2.45) is 7.05 Å². The lowest BCUT2D eigenvalue weighted by atomic mass is 10.1. The summed E-state index contributed by atoms with van der Waals surface area (Å²) in [5, 5.41) is 0. The molecule has 0 aromatic carbocycles. The van der Waals surface area contributed by atoms with E-state index in [-0.39, 0.29) is 0 Å². The molecule has 37 heavy (non-hydrogen) atoms. The highest BCUT2D eigenvalue weighted by molar-refractivity contribution is 4.88. The van der Waals surface area contributed by atoms with Crippen molar-refractivity contribution in [1.29, 1.82) is 0 Å². The zero-order valence-corrected chi connectivity index (χ0v) is 25.2. The molecular weight excluding hydrogens is 464 g/mol. The van der Waals surface area contributed by atoms with Crippen molar-refractivity contribution in [3.8, 4) is 0 Å². The van der Waals surface area contributed by atoms with Crippen LogP contribution in [0, 0.1) is 0 Å². The van der Waals surface area contributed by atoms with Gasteiger partial charge < -0.3 is 33.6 Å². The summed E-state index contributed by atoms with van der Waals surface area (Å²) >= 11 is 0. The van der Waals surface area contributed by atoms with E-state index in [1.54, 1.807) is 0 Å². The van der Waals surface area contributed by atoms with Gasteiger partial charge in [-0.3, -0.25) is 4.90 Å². The van der Waals surface area contributed by atoms with Crippen LogP contribution in [0.15, 0.2) is 24.5 Å². The number of aryl methyl sites for hydroxylation is 1. The van der Waals surface area contributed by atoms with E-state index in [4.69, 9.17) is 9.47 Å². The maximum Gasteiger partial charge on any atom is 0.0989 e. The van der Waals surface area contributed by atoms with Gasteiger partial charge in [-0.15, -0.1) is 0 Å². The van der Waals surface area contributed by atoms with Gasteiger partial charge in [0.15, 0.2) is 0 Å². The molecule has 0 N–H and O–H groups in total. The zero-order valence-electron chi connectivity index (χ0n) is 25.2. The van der Waals surface area contributed by atoms with Crippen molar-refractivity contribution >= 4 is 0 Å². The summed E-state index contributed by atoms with van der Waals surface area (Å²) in [5.41, 5.74) is 0. The Morgan fingerprint density at radius 1 is 0.405 bits per heavy atom. The van der Waals surface area contributed by atoms with Crippen LogP contribution >= 0.6 is 0 Å². The Kier molecular flexibility index (Phi) is 21.1. The first-order chi connectivity index (χ1) is 17.9. The molecule has 5 fully saturated rings. The van der Waals surface area contributed by atoms with Crippen molar-refractivity contribution in [1.82, 2.24) is 29.1 Å². The Morgan fingerprint density at radius 3 is 0.946 bits per heavy atom. The topological polar surface area (TPSA) is 39.6 Å². The number of hydrogen-bond donors (Lipinski definition) is 0. The summed E-state index contributed by atoms with van der Waals surface area (Å²) in [7, 11) is 12.7. The molecule has 218 valence electrons. The first-order valence-electron chi connectivity index (χ1n) is 14.5. The molecule has 0 radical (unpaired) electrons. The van der Waals surface area contributed by atoms with E-state index in [1.165, 1.54) is 77.8 Å². The summed E-state index contributed by atoms with van der Waals surface area (Å²) < 4.78 is 12.1. The van der Waals surface area contributed by atoms with Crippen LogP contribution in [-0.4, -0.2) is 150 Å². The molecule has 0 saturated carbocycles. The number of piperidine rings is 1. The van der Waals surface area contributed by atoms with Gasteiger partial charge in [0, 0.05) is 39.1 Å². The van der Waals surface area contributed by atoms with Gasteiger partial charge in [-0.1, -0.05) is 6.42 Å². The van der Waals surface area contributed by atoms with Crippen LogP contribution in [-0.2, 0) is 16.5 Å². The summed E-state index contributed by atoms with van der Waals surface area (Å²) in [6, 6.07) is 4.00. The molecule has 0 unspecified atom stereocenters. The highest BCUT2D eigenvalue weighted by atomic mass is 16.5. The molecular formula is C29H60N6O2. The van der Waals surface area contributed by atoms with Gasteiger partial charge in [0.05, 0.1) is 26.6 Å². The van der Waals surface area contributed by atoms with E-state index in [1.807, 2.05) is 43.2 Å². The Balaban J connectivity index is 0.000000223. The van der Waals surface area contributed by atoms with Crippen LogP contribution < -0.4 is 0 Å². The van der Waals surface area contributed by atoms with Gasteiger partial charge in [0.25, 0.3) is 0 Å². The Labute approximate surface area is 229 Å². The quantitative estimate of drug-likeness (QED) is 0.517. The van der Waals surface area contributed by atoms with Crippen molar-refractivity contribution in [2.75, 3.05) is 121 Å². The number of nitrogens with zero attached hydrogens (tertiary/aromatic N) is 6. The van der Waals surface area contributed by atoms with Crippen molar-refractivity contribution < 1.29 is 9.47 Å². The zero-order chi connectivity index (χ0) is 27.1. The predicted molar refractivity (Wildman–Crippen MR) is 157 cm³/mol. The summed E-state index contributed by atoms with van der Waals surface area (Å²) in [6.07, 6.45) is 12.5. The Hall–Kier alpha value is -1.00. The third kappa shape index (κ3) is 21.6. The van der Waals surface area contributed by atoms with E-state index < -0.39 is 0 Å². The van der Waals surface area contributed by atoms with Crippen LogP contribution in [0.1, 0.15) is 38.5 Å². The summed E-state index contributed by atoms with van der Waals surface area (Å²) in [4.78, 5) is 11.5. The molecule has 8 nitrogen and oxygen atoms in total. The number of likely N-dealkylation sites (tertiary alicyclic amines) is 3. The van der Waals surface area contributed by atoms with E-state index in [9.17, 15) is 0 Å². The molecule has 5 saturated heterocycles. The lowest BCUT2D eigenvalue weighted by molar-refractivity contribution is 0.0503. The number of aromatic nitrogens is 1. The van der Waals surface area contributed by atoms with E-state index in [0.717, 1.165) is 46.2 Å². The Bertz CT molecular complexity index is 545. The highest BCUT2D eigenvalue weighted by Gasteiger charge is 2.05. The van der Waals surface area contributed by atoms with E-state index in [0.29, 0.717) is 0 Å². The maximum absolute atomic E-state index is 5.10. The first-order valence-corrected chi connectivity index (χ1v) is 14.5. The molecule has 1 aromatic rings. The fourth-order valence-electron chi connectivity index (χ4n) is 3.98. The molecule has 8 heteroatoms. The number of rotatable bonds is 0. The van der Waals surface area contributed by atoms with Gasteiger partial charge >= 0.3 is 0 Å². The smallest absolute Gasteiger partial charge is 0.0989 e. The third-order valence-corrected chi connectivity index (χ3v) is 6.91. The van der Waals surface area contributed by atoms with Crippen LogP contribution in [0.25, 0.3) is 0 Å². The second-order valence-corrected chi connectivity index (χ2v) is 10.9. The second-order valence-electron chi connectivity index (χ2n) is 10.9. The van der Waals surface area contributed by atoms with E-state index >= 15 is 0 Å². The molecule has 0 atom stereocenters. The number of likely N-dealkylation sites (N-methyl/N-ethyl adjacent to an activating group) is 2. The minimum absolute atomic E-state index is 0.819.